The van der Waals surface area contributed by atoms with Crippen molar-refractivity contribution in [2.75, 3.05) is 39.3 Å². The van der Waals surface area contributed by atoms with Gasteiger partial charge in [-0.1, -0.05) is 23.7 Å². The van der Waals surface area contributed by atoms with Crippen molar-refractivity contribution in [3.8, 4) is 0 Å². The number of hydrogen-bond donors (Lipinski definition) is 2. The molecule has 0 unspecified atom stereocenters. The average molecular weight is 519 g/mol. The molecule has 196 valence electrons. The number of aliphatic carboxylic acids is 1. The Bertz CT molecular complexity index is 975. The maximum absolute atomic E-state index is 13.0. The Hall–Kier alpha value is -2.65. The largest absolute Gasteiger partial charge is 0.480 e. The number of aryl methyl sites for hydroxylation is 1. The number of likely N-dealkylation sites (tertiary alicyclic amines) is 1. The minimum atomic E-state index is -1.13. The van der Waals surface area contributed by atoms with Crippen LogP contribution in [0, 0.1) is 11.8 Å². The molecule has 3 heterocycles. The highest BCUT2D eigenvalue weighted by atomic mass is 35.5. The van der Waals surface area contributed by atoms with Crippen LogP contribution in [0.5, 0.6) is 0 Å². The molecule has 1 aromatic rings. The van der Waals surface area contributed by atoms with E-state index >= 15 is 0 Å². The number of amides is 4. The number of carboxylic acid groups (broad SMARTS) is 1. The van der Waals surface area contributed by atoms with Crippen LogP contribution in [0.4, 0.5) is 4.79 Å². The first-order chi connectivity index (χ1) is 17.3. The topological polar surface area (TPSA) is 110 Å². The minimum absolute atomic E-state index is 0.0543. The van der Waals surface area contributed by atoms with Crippen molar-refractivity contribution in [2.45, 2.75) is 51.0 Å². The highest BCUT2D eigenvalue weighted by Crippen LogP contribution is 2.35. The van der Waals surface area contributed by atoms with Crippen LogP contribution in [0.25, 0.3) is 0 Å². The molecule has 0 spiro atoms. The summed E-state index contributed by atoms with van der Waals surface area (Å²) >= 11 is 6.01. The predicted molar refractivity (Wildman–Crippen MR) is 135 cm³/mol. The summed E-state index contributed by atoms with van der Waals surface area (Å²) in [6.45, 7) is 3.10. The van der Waals surface area contributed by atoms with Crippen molar-refractivity contribution in [2.24, 2.45) is 11.8 Å². The molecule has 0 radical (unpaired) electrons. The van der Waals surface area contributed by atoms with E-state index in [1.807, 2.05) is 24.3 Å². The highest BCUT2D eigenvalue weighted by Gasteiger charge is 2.56. The summed E-state index contributed by atoms with van der Waals surface area (Å²) in [4.78, 5) is 54.5. The Morgan fingerprint density at radius 2 is 1.72 bits per heavy atom. The third kappa shape index (κ3) is 6.18. The molecule has 1 aromatic carbocycles. The van der Waals surface area contributed by atoms with Crippen molar-refractivity contribution >= 4 is 35.4 Å². The molecule has 2 N–H and O–H groups in total. The molecule has 3 aliphatic rings. The second-order valence-corrected chi connectivity index (χ2v) is 10.5. The first-order valence-corrected chi connectivity index (χ1v) is 13.3. The van der Waals surface area contributed by atoms with Gasteiger partial charge in [-0.2, -0.15) is 0 Å². The van der Waals surface area contributed by atoms with Gasteiger partial charge in [0.05, 0.1) is 5.92 Å². The van der Waals surface area contributed by atoms with Crippen molar-refractivity contribution in [1.29, 1.82) is 0 Å². The summed E-state index contributed by atoms with van der Waals surface area (Å²) in [6, 6.07) is 6.07. The lowest BCUT2D eigenvalue weighted by Gasteiger charge is -2.47. The van der Waals surface area contributed by atoms with Crippen molar-refractivity contribution in [3.63, 3.8) is 0 Å². The number of β-lactam (4-membered cyclic amide) rings is 1. The predicted octanol–water partition coefficient (Wildman–Crippen LogP) is 2.62. The number of hydrogen-bond acceptors (Lipinski definition) is 5. The van der Waals surface area contributed by atoms with Crippen LogP contribution >= 0.6 is 11.6 Å². The number of nitrogens with one attached hydrogen (secondary N) is 1. The second-order valence-electron chi connectivity index (χ2n) is 10.0. The molecule has 0 bridgehead atoms. The van der Waals surface area contributed by atoms with E-state index in [9.17, 15) is 24.3 Å². The van der Waals surface area contributed by atoms with Crippen LogP contribution in [0.2, 0.25) is 5.02 Å². The quantitative estimate of drug-likeness (QED) is 0.404. The number of unbranched alkanes of at least 4 members (excludes halogenated alkanes) is 1. The molecule has 4 rings (SSSR count). The van der Waals surface area contributed by atoms with E-state index in [2.05, 4.69) is 5.32 Å². The molecule has 3 saturated heterocycles. The third-order valence-corrected chi connectivity index (χ3v) is 7.85. The number of piperidine rings is 1. The lowest BCUT2D eigenvalue weighted by molar-refractivity contribution is -0.167. The number of piperazine rings is 1. The zero-order chi connectivity index (χ0) is 25.7. The van der Waals surface area contributed by atoms with Crippen LogP contribution in [0.3, 0.4) is 0 Å². The zero-order valence-electron chi connectivity index (χ0n) is 20.5. The van der Waals surface area contributed by atoms with Crippen molar-refractivity contribution in [3.05, 3.63) is 34.9 Å². The Kier molecular flexibility index (Phi) is 8.85. The SMILES string of the molecule is O=C(O)[C@@H]1[C@@H](CC2CCNCC2)C(=O)N1C(=O)N1CCN(C(=O)CCCCc2cccc(Cl)c2)CC1. The van der Waals surface area contributed by atoms with Crippen LogP contribution in [-0.2, 0) is 20.8 Å². The second kappa shape index (κ2) is 12.1. The molecule has 4 amide bonds. The van der Waals surface area contributed by atoms with E-state index in [1.54, 1.807) is 4.90 Å². The molecule has 36 heavy (non-hydrogen) atoms. The number of benzene rings is 1. The van der Waals surface area contributed by atoms with E-state index in [0.29, 0.717) is 50.0 Å². The van der Waals surface area contributed by atoms with E-state index in [1.165, 1.54) is 4.90 Å². The van der Waals surface area contributed by atoms with Gasteiger partial charge in [-0.15, -0.1) is 0 Å². The fourth-order valence-electron chi connectivity index (χ4n) is 5.51. The Morgan fingerprint density at radius 1 is 1.03 bits per heavy atom. The van der Waals surface area contributed by atoms with Gasteiger partial charge in [0, 0.05) is 37.6 Å². The molecular formula is C26H35ClN4O5. The van der Waals surface area contributed by atoms with Crippen LogP contribution < -0.4 is 5.32 Å². The number of halogens is 1. The van der Waals surface area contributed by atoms with Crippen LogP contribution in [-0.4, -0.2) is 88.9 Å². The number of nitrogens with zero attached hydrogens (tertiary/aromatic N) is 3. The van der Waals surface area contributed by atoms with E-state index in [0.717, 1.165) is 55.7 Å². The summed E-state index contributed by atoms with van der Waals surface area (Å²) in [5, 5.41) is 13.7. The maximum Gasteiger partial charge on any atom is 0.327 e. The molecule has 2 atom stereocenters. The van der Waals surface area contributed by atoms with Gasteiger partial charge < -0.3 is 20.2 Å². The fraction of sp³-hybridized carbons (Fsp3) is 0.615. The van der Waals surface area contributed by atoms with E-state index < -0.39 is 24.0 Å². The van der Waals surface area contributed by atoms with Gasteiger partial charge in [0.25, 0.3) is 0 Å². The Labute approximate surface area is 216 Å². The number of rotatable bonds is 8. The first-order valence-electron chi connectivity index (χ1n) is 12.9. The number of imide groups is 1. The molecule has 0 aromatic heterocycles. The van der Waals surface area contributed by atoms with Gasteiger partial charge in [-0.3, -0.25) is 9.59 Å². The first kappa shape index (κ1) is 26.4. The summed E-state index contributed by atoms with van der Waals surface area (Å²) in [5.74, 6) is -1.79. The van der Waals surface area contributed by atoms with Crippen molar-refractivity contribution in [1.82, 2.24) is 20.0 Å². The summed E-state index contributed by atoms with van der Waals surface area (Å²) in [5.41, 5.74) is 1.15. The van der Waals surface area contributed by atoms with E-state index in [-0.39, 0.29) is 11.8 Å². The summed E-state index contributed by atoms with van der Waals surface area (Å²) in [6.07, 6.45) is 5.31. The molecule has 10 heteroatoms. The molecular weight excluding hydrogens is 484 g/mol. The van der Waals surface area contributed by atoms with Gasteiger partial charge in [0.2, 0.25) is 11.8 Å². The average Bonchev–Trinajstić information content (AvgIpc) is 2.88. The summed E-state index contributed by atoms with van der Waals surface area (Å²) in [7, 11) is 0. The standard InChI is InChI=1S/C26H35ClN4O5/c27-20-6-3-5-18(16-20)4-1-2-7-22(32)29-12-14-30(15-13-29)26(36)31-23(25(34)35)21(24(31)33)17-19-8-10-28-11-9-19/h3,5-6,16,19,21,23,28H,1-2,4,7-15,17H2,(H,34,35)/t21-,23+/m1/s1. The maximum atomic E-state index is 13.0. The van der Waals surface area contributed by atoms with Gasteiger partial charge in [0.1, 0.15) is 0 Å². The smallest absolute Gasteiger partial charge is 0.327 e. The Balaban J connectivity index is 1.21. The highest BCUT2D eigenvalue weighted by molar-refractivity contribution is 6.30. The molecule has 9 nitrogen and oxygen atoms in total. The fourth-order valence-corrected chi connectivity index (χ4v) is 5.72. The lowest BCUT2D eigenvalue weighted by Crippen LogP contribution is -2.69. The molecule has 3 aliphatic heterocycles. The molecule has 3 fully saturated rings. The number of carboxylic acids is 1. The zero-order valence-corrected chi connectivity index (χ0v) is 21.3. The molecule has 0 aliphatic carbocycles. The van der Waals surface area contributed by atoms with E-state index in [4.69, 9.17) is 11.6 Å². The van der Waals surface area contributed by atoms with Gasteiger partial charge in [0.15, 0.2) is 6.04 Å². The number of urea groups is 1. The van der Waals surface area contributed by atoms with Crippen molar-refractivity contribution < 1.29 is 24.3 Å². The number of carbonyl (C=O) groups is 4. The Morgan fingerprint density at radius 3 is 2.39 bits per heavy atom. The normalized spacial score (nSPS) is 22.9. The lowest BCUT2D eigenvalue weighted by atomic mass is 9.78. The van der Waals surface area contributed by atoms with Crippen LogP contribution in [0.15, 0.2) is 24.3 Å². The number of carbonyl (C=O) groups excluding carboxylic acids is 3. The minimum Gasteiger partial charge on any atom is -0.480 e. The van der Waals surface area contributed by atoms with Gasteiger partial charge in [-0.05, 0) is 75.2 Å². The van der Waals surface area contributed by atoms with Gasteiger partial charge >= 0.3 is 12.0 Å². The monoisotopic (exact) mass is 518 g/mol. The van der Waals surface area contributed by atoms with Gasteiger partial charge in [-0.25, -0.2) is 14.5 Å². The molecule has 0 saturated carbocycles. The van der Waals surface area contributed by atoms with Crippen LogP contribution in [0.1, 0.15) is 44.1 Å². The third-order valence-electron chi connectivity index (χ3n) is 7.62. The summed E-state index contributed by atoms with van der Waals surface area (Å²) < 4.78 is 0.